The van der Waals surface area contributed by atoms with E-state index < -0.39 is 12.3 Å². The fourth-order valence-electron chi connectivity index (χ4n) is 1.83. The Bertz CT molecular complexity index is 701. The van der Waals surface area contributed by atoms with Crippen LogP contribution in [0.1, 0.15) is 15.2 Å². The van der Waals surface area contributed by atoms with Crippen LogP contribution < -0.4 is 14.8 Å². The van der Waals surface area contributed by atoms with Crippen molar-refractivity contribution >= 4 is 23.0 Å². The molecule has 8 heteroatoms. The summed E-state index contributed by atoms with van der Waals surface area (Å²) in [5.74, 6) is -1.04. The number of carboxylic acid groups (broad SMARTS) is 1. The van der Waals surface area contributed by atoms with Gasteiger partial charge in [0.15, 0.2) is 11.5 Å². The van der Waals surface area contributed by atoms with Gasteiger partial charge in [-0.2, -0.15) is 0 Å². The van der Waals surface area contributed by atoms with Crippen LogP contribution in [0.25, 0.3) is 0 Å². The van der Waals surface area contributed by atoms with Gasteiger partial charge in [0.1, 0.15) is 0 Å². The van der Waals surface area contributed by atoms with Crippen LogP contribution >= 0.6 is 11.3 Å². The van der Waals surface area contributed by atoms with Gasteiger partial charge in [-0.25, -0.2) is 4.79 Å². The second-order valence-electron chi connectivity index (χ2n) is 4.29. The van der Waals surface area contributed by atoms with E-state index in [1.165, 1.54) is 23.5 Å². The maximum atomic E-state index is 12.9. The van der Waals surface area contributed by atoms with E-state index in [0.717, 1.165) is 4.88 Å². The first-order chi connectivity index (χ1) is 9.93. The number of rotatable bonds is 4. The van der Waals surface area contributed by atoms with Gasteiger partial charge >= 0.3 is 12.3 Å². The zero-order chi connectivity index (χ0) is 15.0. The van der Waals surface area contributed by atoms with Crippen LogP contribution in [0.2, 0.25) is 0 Å². The van der Waals surface area contributed by atoms with Crippen molar-refractivity contribution in [3.63, 3.8) is 0 Å². The lowest BCUT2D eigenvalue weighted by molar-refractivity contribution is -0.286. The smallest absolute Gasteiger partial charge is 0.478 e. The van der Waals surface area contributed by atoms with Gasteiger partial charge in [0.2, 0.25) is 0 Å². The highest BCUT2D eigenvalue weighted by molar-refractivity contribution is 7.10. The molecular formula is C13H9F2NO4S. The first-order valence-corrected chi connectivity index (χ1v) is 6.75. The van der Waals surface area contributed by atoms with Crippen molar-refractivity contribution in [2.75, 3.05) is 5.32 Å². The molecule has 0 saturated carbocycles. The van der Waals surface area contributed by atoms with Gasteiger partial charge in [0.25, 0.3) is 0 Å². The second kappa shape index (κ2) is 4.88. The Labute approximate surface area is 121 Å². The van der Waals surface area contributed by atoms with E-state index in [0.29, 0.717) is 12.2 Å². The van der Waals surface area contributed by atoms with Gasteiger partial charge in [-0.15, -0.1) is 20.1 Å². The Morgan fingerprint density at radius 1 is 1.29 bits per heavy atom. The second-order valence-corrected chi connectivity index (χ2v) is 5.29. The molecule has 0 saturated heterocycles. The van der Waals surface area contributed by atoms with E-state index in [4.69, 9.17) is 5.11 Å². The number of nitrogens with one attached hydrogen (secondary N) is 1. The Morgan fingerprint density at radius 3 is 2.76 bits per heavy atom. The van der Waals surface area contributed by atoms with Crippen molar-refractivity contribution in [2.45, 2.75) is 12.8 Å². The normalized spacial score (nSPS) is 15.0. The lowest BCUT2D eigenvalue weighted by Gasteiger charge is -2.05. The van der Waals surface area contributed by atoms with Crippen LogP contribution in [0.5, 0.6) is 11.5 Å². The molecule has 2 heterocycles. The quantitative estimate of drug-likeness (QED) is 0.905. The number of fused-ring (bicyclic) bond motifs is 1. The highest BCUT2D eigenvalue weighted by Crippen LogP contribution is 2.42. The van der Waals surface area contributed by atoms with Crippen molar-refractivity contribution in [2.24, 2.45) is 0 Å². The molecule has 2 N–H and O–H groups in total. The molecule has 3 rings (SSSR count). The lowest BCUT2D eigenvalue weighted by atomic mass is 10.2. The third kappa shape index (κ3) is 2.89. The van der Waals surface area contributed by atoms with Crippen LogP contribution in [0.3, 0.4) is 0 Å². The van der Waals surface area contributed by atoms with E-state index in [-0.39, 0.29) is 17.1 Å². The highest BCUT2D eigenvalue weighted by atomic mass is 32.1. The molecule has 0 amide bonds. The van der Waals surface area contributed by atoms with E-state index in [1.807, 2.05) is 0 Å². The number of halogens is 2. The number of ether oxygens (including phenoxy) is 2. The summed E-state index contributed by atoms with van der Waals surface area (Å²) in [4.78, 5) is 11.6. The number of hydrogen-bond acceptors (Lipinski definition) is 5. The first kappa shape index (κ1) is 13.6. The summed E-state index contributed by atoms with van der Waals surface area (Å²) >= 11 is 1.30. The van der Waals surface area contributed by atoms with Gasteiger partial charge in [-0.05, 0) is 18.2 Å². The lowest BCUT2D eigenvalue weighted by Crippen LogP contribution is -2.25. The van der Waals surface area contributed by atoms with Crippen LogP contribution in [0.15, 0.2) is 29.6 Å². The van der Waals surface area contributed by atoms with Crippen molar-refractivity contribution in [3.8, 4) is 11.5 Å². The topological polar surface area (TPSA) is 67.8 Å². The van der Waals surface area contributed by atoms with Crippen molar-refractivity contribution < 1.29 is 28.2 Å². The molecule has 5 nitrogen and oxygen atoms in total. The molecule has 1 aromatic heterocycles. The average Bonchev–Trinajstić information content (AvgIpc) is 2.98. The van der Waals surface area contributed by atoms with Crippen LogP contribution in [0.4, 0.5) is 14.5 Å². The molecule has 0 radical (unpaired) electrons. The summed E-state index contributed by atoms with van der Waals surface area (Å²) in [6, 6.07) is 5.92. The minimum absolute atomic E-state index is 0.0187. The molecule has 0 aliphatic carbocycles. The molecule has 110 valence electrons. The number of anilines is 1. The molecule has 2 aromatic rings. The third-order valence-corrected chi connectivity index (χ3v) is 3.71. The van der Waals surface area contributed by atoms with Gasteiger partial charge in [-0.3, -0.25) is 0 Å². The van der Waals surface area contributed by atoms with Crippen LogP contribution in [-0.2, 0) is 6.54 Å². The Balaban J connectivity index is 1.68. The van der Waals surface area contributed by atoms with E-state index >= 15 is 0 Å². The molecular weight excluding hydrogens is 304 g/mol. The first-order valence-electron chi connectivity index (χ1n) is 5.87. The number of alkyl halides is 2. The molecule has 0 unspecified atom stereocenters. The molecule has 0 spiro atoms. The third-order valence-electron chi connectivity index (χ3n) is 2.77. The highest BCUT2D eigenvalue weighted by Gasteiger charge is 2.43. The average molecular weight is 313 g/mol. The van der Waals surface area contributed by atoms with Gasteiger partial charge in [0, 0.05) is 28.6 Å². The van der Waals surface area contributed by atoms with E-state index in [9.17, 15) is 13.6 Å². The maximum absolute atomic E-state index is 12.9. The fourth-order valence-corrected chi connectivity index (χ4v) is 2.63. The number of hydrogen-bond donors (Lipinski definition) is 2. The Kier molecular flexibility index (Phi) is 3.17. The van der Waals surface area contributed by atoms with Crippen molar-refractivity contribution in [1.82, 2.24) is 0 Å². The monoisotopic (exact) mass is 313 g/mol. The molecule has 1 aromatic carbocycles. The summed E-state index contributed by atoms with van der Waals surface area (Å²) in [5.41, 5.74) is 0.794. The molecule has 1 aliphatic rings. The van der Waals surface area contributed by atoms with Gasteiger partial charge in [0.05, 0.1) is 5.56 Å². The minimum Gasteiger partial charge on any atom is -0.478 e. The van der Waals surface area contributed by atoms with Gasteiger partial charge < -0.3 is 19.9 Å². The number of carboxylic acids is 1. The van der Waals surface area contributed by atoms with Crippen molar-refractivity contribution in [3.05, 3.63) is 40.1 Å². The fraction of sp³-hybridized carbons (Fsp3) is 0.154. The number of thiophene rings is 1. The molecule has 0 fully saturated rings. The van der Waals surface area contributed by atoms with E-state index in [1.54, 1.807) is 17.5 Å². The van der Waals surface area contributed by atoms with Crippen LogP contribution in [0, 0.1) is 0 Å². The van der Waals surface area contributed by atoms with Crippen molar-refractivity contribution in [1.29, 1.82) is 0 Å². The van der Waals surface area contributed by atoms with Crippen LogP contribution in [-0.4, -0.2) is 17.4 Å². The molecule has 0 bridgehead atoms. The van der Waals surface area contributed by atoms with E-state index in [2.05, 4.69) is 14.8 Å². The summed E-state index contributed by atoms with van der Waals surface area (Å²) in [6.45, 7) is 0.383. The largest absolute Gasteiger partial charge is 0.586 e. The summed E-state index contributed by atoms with van der Waals surface area (Å²) in [5, 5.41) is 13.4. The standard InChI is InChI=1S/C13H9F2NO4S/c14-13(15)19-10-2-1-8(4-11(10)20-13)16-5-9-3-7(6-21-9)12(17)18/h1-4,6,16H,5H2,(H,17,18). The Hall–Kier alpha value is -2.35. The number of carbonyl (C=O) groups is 1. The van der Waals surface area contributed by atoms with Gasteiger partial charge in [-0.1, -0.05) is 0 Å². The number of benzene rings is 1. The zero-order valence-corrected chi connectivity index (χ0v) is 11.2. The summed E-state index contributed by atoms with van der Waals surface area (Å²) in [7, 11) is 0. The number of aromatic carboxylic acids is 1. The molecule has 21 heavy (non-hydrogen) atoms. The predicted molar refractivity (Wildman–Crippen MR) is 71.3 cm³/mol. The Morgan fingerprint density at radius 2 is 2.05 bits per heavy atom. The summed E-state index contributed by atoms with van der Waals surface area (Å²) in [6.07, 6.45) is -3.63. The minimum atomic E-state index is -3.63. The SMILES string of the molecule is O=C(O)c1csc(CNc2ccc3c(c2)OC(F)(F)O3)c1. The predicted octanol–water partition coefficient (Wildman–Crippen LogP) is 3.38. The molecule has 0 atom stereocenters. The maximum Gasteiger partial charge on any atom is 0.586 e. The molecule has 1 aliphatic heterocycles. The zero-order valence-electron chi connectivity index (χ0n) is 10.4. The summed E-state index contributed by atoms with van der Waals surface area (Å²) < 4.78 is 34.4.